The third-order valence-corrected chi connectivity index (χ3v) is 5.07. The molecule has 1 N–H and O–H groups in total. The zero-order valence-corrected chi connectivity index (χ0v) is 16.4. The van der Waals surface area contributed by atoms with Gasteiger partial charge in [-0.1, -0.05) is 36.7 Å². The molecule has 1 saturated heterocycles. The lowest BCUT2D eigenvalue weighted by atomic mass is 9.96. The van der Waals surface area contributed by atoms with Crippen molar-refractivity contribution in [2.45, 2.75) is 44.6 Å². The Balaban J connectivity index is 1.59. The Kier molecular flexibility index (Phi) is 6.07. The van der Waals surface area contributed by atoms with Crippen LogP contribution in [-0.4, -0.2) is 46.4 Å². The number of likely N-dealkylation sites (tertiary alicyclic amines) is 1. The van der Waals surface area contributed by atoms with Crippen molar-refractivity contribution in [3.8, 4) is 5.75 Å². The monoisotopic (exact) mass is 392 g/mol. The second-order valence-corrected chi connectivity index (χ2v) is 7.82. The van der Waals surface area contributed by atoms with E-state index >= 15 is 0 Å². The maximum Gasteiger partial charge on any atom is 0.292 e. The van der Waals surface area contributed by atoms with Crippen LogP contribution >= 0.6 is 11.6 Å². The van der Waals surface area contributed by atoms with Crippen LogP contribution in [0.25, 0.3) is 0 Å². The molecule has 146 valence electrons. The summed E-state index contributed by atoms with van der Waals surface area (Å²) < 4.78 is 10.9. The van der Waals surface area contributed by atoms with Crippen LogP contribution in [0.5, 0.6) is 5.75 Å². The lowest BCUT2D eigenvalue weighted by Gasteiger charge is -2.26. The average molecular weight is 393 g/mol. The van der Waals surface area contributed by atoms with Gasteiger partial charge in [-0.15, -0.1) is 0 Å². The Morgan fingerprint density at radius 2 is 2.19 bits per heavy atom. The fraction of sp³-hybridized carbons (Fsp3) is 0.500. The van der Waals surface area contributed by atoms with Crippen LogP contribution in [0, 0.1) is 0 Å². The van der Waals surface area contributed by atoms with Crippen LogP contribution in [0.1, 0.15) is 55.3 Å². The van der Waals surface area contributed by atoms with Gasteiger partial charge in [0, 0.05) is 24.2 Å². The molecule has 1 amide bonds. The number of hydrogen-bond acceptors (Lipinski definition) is 5. The fourth-order valence-corrected chi connectivity index (χ4v) is 3.30. The molecule has 2 heterocycles. The minimum Gasteiger partial charge on any atom is -0.491 e. The van der Waals surface area contributed by atoms with Gasteiger partial charge in [-0.3, -0.25) is 4.79 Å². The van der Waals surface area contributed by atoms with Crippen LogP contribution in [-0.2, 0) is 0 Å². The number of nitrogens with zero attached hydrogens (tertiary/aromatic N) is 2. The molecule has 2 aromatic rings. The van der Waals surface area contributed by atoms with E-state index in [0.29, 0.717) is 43.1 Å². The van der Waals surface area contributed by atoms with Crippen molar-refractivity contribution in [3.63, 3.8) is 0 Å². The highest BCUT2D eigenvalue weighted by Gasteiger charge is 2.33. The van der Waals surface area contributed by atoms with Gasteiger partial charge in [0.1, 0.15) is 18.0 Å². The molecule has 7 heteroatoms. The number of rotatable bonds is 5. The molecule has 1 aliphatic rings. The lowest BCUT2D eigenvalue weighted by molar-refractivity contribution is -0.0164. The van der Waals surface area contributed by atoms with Crippen molar-refractivity contribution in [1.82, 2.24) is 10.1 Å². The molecule has 1 fully saturated rings. The first-order chi connectivity index (χ1) is 12.9. The number of benzene rings is 1. The molecule has 3 rings (SSSR count). The highest BCUT2D eigenvalue weighted by atomic mass is 35.5. The highest BCUT2D eigenvalue weighted by Crippen LogP contribution is 2.26. The van der Waals surface area contributed by atoms with E-state index < -0.39 is 5.60 Å². The molecule has 1 aliphatic heterocycles. The number of carbonyl (C=O) groups excluding carboxylic acids is 1. The molecule has 0 bridgehead atoms. The van der Waals surface area contributed by atoms with E-state index in [9.17, 15) is 9.90 Å². The number of hydrogen-bond donors (Lipinski definition) is 1. The molecule has 1 aromatic heterocycles. The number of aromatic nitrogens is 1. The third-order valence-electron chi connectivity index (χ3n) is 4.84. The van der Waals surface area contributed by atoms with E-state index in [0.717, 1.165) is 5.69 Å². The molecule has 0 radical (unpaired) electrons. The molecular weight excluding hydrogens is 368 g/mol. The van der Waals surface area contributed by atoms with Gasteiger partial charge in [0.25, 0.3) is 5.91 Å². The standard InChI is InChI=1S/C20H25ClN2O4/c1-14(2)17-12-18(27-22-17)19(24)23-9-4-7-20(25,8-10-23)13-26-16-6-3-5-15(21)11-16/h3,5-6,11-12,14,25H,4,7-10,13H2,1-2H3. The first kappa shape index (κ1) is 19.7. The number of ether oxygens (including phenoxy) is 1. The van der Waals surface area contributed by atoms with Gasteiger partial charge in [-0.05, 0) is 43.4 Å². The summed E-state index contributed by atoms with van der Waals surface area (Å²) in [6.45, 7) is 5.16. The van der Waals surface area contributed by atoms with Crippen LogP contribution in [0.4, 0.5) is 0 Å². The molecular formula is C20H25ClN2O4. The summed E-state index contributed by atoms with van der Waals surface area (Å²) in [6, 6.07) is 8.79. The number of carbonyl (C=O) groups is 1. The van der Waals surface area contributed by atoms with E-state index in [-0.39, 0.29) is 24.2 Å². The van der Waals surface area contributed by atoms with E-state index in [1.54, 1.807) is 35.2 Å². The summed E-state index contributed by atoms with van der Waals surface area (Å²) in [6.07, 6.45) is 1.68. The maximum atomic E-state index is 12.7. The summed E-state index contributed by atoms with van der Waals surface area (Å²) in [5.41, 5.74) is -0.221. The first-order valence-corrected chi connectivity index (χ1v) is 9.61. The van der Waals surface area contributed by atoms with Crippen LogP contribution < -0.4 is 4.74 Å². The van der Waals surface area contributed by atoms with Gasteiger partial charge in [0.2, 0.25) is 5.76 Å². The lowest BCUT2D eigenvalue weighted by Crippen LogP contribution is -2.38. The van der Waals surface area contributed by atoms with Crippen molar-refractivity contribution in [1.29, 1.82) is 0 Å². The van der Waals surface area contributed by atoms with Crippen LogP contribution in [0.3, 0.4) is 0 Å². The van der Waals surface area contributed by atoms with Gasteiger partial charge in [0.15, 0.2) is 0 Å². The van der Waals surface area contributed by atoms with E-state index in [1.165, 1.54) is 0 Å². The Morgan fingerprint density at radius 1 is 1.37 bits per heavy atom. The minimum absolute atomic E-state index is 0.162. The van der Waals surface area contributed by atoms with Crippen molar-refractivity contribution in [2.24, 2.45) is 0 Å². The topological polar surface area (TPSA) is 75.8 Å². The Labute approximate surface area is 164 Å². The predicted octanol–water partition coefficient (Wildman–Crippen LogP) is 3.89. The third kappa shape index (κ3) is 5.02. The largest absolute Gasteiger partial charge is 0.491 e. The number of amides is 1. The Hall–Kier alpha value is -2.05. The molecule has 0 aliphatic carbocycles. The molecule has 1 aromatic carbocycles. The van der Waals surface area contributed by atoms with Gasteiger partial charge in [-0.25, -0.2) is 0 Å². The summed E-state index contributed by atoms with van der Waals surface area (Å²) in [5.74, 6) is 0.887. The maximum absolute atomic E-state index is 12.7. The summed E-state index contributed by atoms with van der Waals surface area (Å²) in [7, 11) is 0. The predicted molar refractivity (Wildman–Crippen MR) is 102 cm³/mol. The normalized spacial score (nSPS) is 20.6. The zero-order chi connectivity index (χ0) is 19.4. The first-order valence-electron chi connectivity index (χ1n) is 9.23. The quantitative estimate of drug-likeness (QED) is 0.835. The summed E-state index contributed by atoms with van der Waals surface area (Å²) in [4.78, 5) is 14.4. The van der Waals surface area contributed by atoms with Crippen molar-refractivity contribution in [3.05, 3.63) is 46.8 Å². The summed E-state index contributed by atoms with van der Waals surface area (Å²) in [5, 5.41) is 15.4. The smallest absolute Gasteiger partial charge is 0.292 e. The molecule has 27 heavy (non-hydrogen) atoms. The van der Waals surface area contributed by atoms with E-state index in [2.05, 4.69) is 5.16 Å². The second kappa shape index (κ2) is 8.31. The second-order valence-electron chi connectivity index (χ2n) is 7.39. The molecule has 1 atom stereocenters. The Bertz CT molecular complexity index is 792. The van der Waals surface area contributed by atoms with Crippen LogP contribution in [0.2, 0.25) is 5.02 Å². The number of aliphatic hydroxyl groups is 1. The van der Waals surface area contributed by atoms with Crippen LogP contribution in [0.15, 0.2) is 34.9 Å². The van der Waals surface area contributed by atoms with Gasteiger partial charge in [-0.2, -0.15) is 0 Å². The van der Waals surface area contributed by atoms with E-state index in [4.69, 9.17) is 20.9 Å². The number of halogens is 1. The summed E-state index contributed by atoms with van der Waals surface area (Å²) >= 11 is 5.96. The van der Waals surface area contributed by atoms with Crippen molar-refractivity contribution < 1.29 is 19.2 Å². The van der Waals surface area contributed by atoms with Gasteiger partial charge >= 0.3 is 0 Å². The molecule has 0 saturated carbocycles. The molecule has 6 nitrogen and oxygen atoms in total. The fourth-order valence-electron chi connectivity index (χ4n) is 3.12. The van der Waals surface area contributed by atoms with Crippen molar-refractivity contribution >= 4 is 17.5 Å². The zero-order valence-electron chi connectivity index (χ0n) is 15.7. The van der Waals surface area contributed by atoms with Gasteiger partial charge < -0.3 is 19.3 Å². The SMILES string of the molecule is CC(C)c1cc(C(=O)N2CCCC(O)(COc3cccc(Cl)c3)CC2)on1. The minimum atomic E-state index is -0.984. The molecule has 1 unspecified atom stereocenters. The van der Waals surface area contributed by atoms with E-state index in [1.807, 2.05) is 13.8 Å². The van der Waals surface area contributed by atoms with Gasteiger partial charge in [0.05, 0.1) is 5.69 Å². The average Bonchev–Trinajstić information content (AvgIpc) is 3.05. The Morgan fingerprint density at radius 3 is 2.89 bits per heavy atom. The highest BCUT2D eigenvalue weighted by molar-refractivity contribution is 6.30. The molecule has 0 spiro atoms. The van der Waals surface area contributed by atoms with Crippen molar-refractivity contribution in [2.75, 3.05) is 19.7 Å².